The summed E-state index contributed by atoms with van der Waals surface area (Å²) in [5.74, 6) is -1.00. The predicted molar refractivity (Wildman–Crippen MR) is 145 cm³/mol. The summed E-state index contributed by atoms with van der Waals surface area (Å²) in [6, 6.07) is 6.37. The zero-order chi connectivity index (χ0) is 26.6. The first-order valence-electron chi connectivity index (χ1n) is 11.5. The first-order chi connectivity index (χ1) is 17.1. The molecule has 0 fully saturated rings. The molecule has 0 spiro atoms. The first kappa shape index (κ1) is 27.3. The number of nitrogens with zero attached hydrogens (tertiary/aromatic N) is 3. The van der Waals surface area contributed by atoms with Gasteiger partial charge in [-0.1, -0.05) is 12.1 Å². The molecule has 0 saturated heterocycles. The molecule has 3 aromatic rings. The Labute approximate surface area is 219 Å². The molecule has 0 bridgehead atoms. The Hall–Kier alpha value is -3.31. The summed E-state index contributed by atoms with van der Waals surface area (Å²) >= 11 is 6.71. The number of nitrogens with one attached hydrogen (secondary N) is 2. The molecular formula is C25H30FN5O3S2. The molecule has 2 heterocycles. The standard InChI is InChI=1S/C25H30FN5O3S2/c1-7-30(8-2)23(32)21-14(3)19(24(33)34-6)22(36-21)28-25(35)27-20-15(4)29-31(16(20)5)13-17-10-9-11-18(26)12-17/h9-12H,7-8,13H2,1-6H3,(H2,27,28,35). The summed E-state index contributed by atoms with van der Waals surface area (Å²) in [6.07, 6.45) is 0. The third-order valence-corrected chi connectivity index (χ3v) is 7.25. The molecule has 192 valence electrons. The van der Waals surface area contributed by atoms with Crippen molar-refractivity contribution >= 4 is 51.2 Å². The molecule has 8 nitrogen and oxygen atoms in total. The van der Waals surface area contributed by atoms with Crippen molar-refractivity contribution < 1.29 is 18.7 Å². The maximum atomic E-state index is 13.6. The fourth-order valence-electron chi connectivity index (χ4n) is 3.90. The van der Waals surface area contributed by atoms with Gasteiger partial charge in [-0.2, -0.15) is 5.10 Å². The fourth-order valence-corrected chi connectivity index (χ4v) is 5.33. The summed E-state index contributed by atoms with van der Waals surface area (Å²) in [7, 11) is 1.30. The van der Waals surface area contributed by atoms with Crippen LogP contribution in [0.1, 0.15) is 56.4 Å². The number of methoxy groups -OCH3 is 1. The van der Waals surface area contributed by atoms with Crippen molar-refractivity contribution in [1.29, 1.82) is 0 Å². The minimum Gasteiger partial charge on any atom is -0.465 e. The van der Waals surface area contributed by atoms with Crippen LogP contribution < -0.4 is 10.6 Å². The van der Waals surface area contributed by atoms with Gasteiger partial charge in [0.25, 0.3) is 5.91 Å². The van der Waals surface area contributed by atoms with Crippen LogP contribution in [-0.4, -0.2) is 51.9 Å². The van der Waals surface area contributed by atoms with Gasteiger partial charge in [-0.05, 0) is 70.1 Å². The lowest BCUT2D eigenvalue weighted by atomic mass is 10.1. The molecule has 36 heavy (non-hydrogen) atoms. The van der Waals surface area contributed by atoms with Gasteiger partial charge in [0.15, 0.2) is 5.11 Å². The Morgan fingerprint density at radius 1 is 1.19 bits per heavy atom. The Balaban J connectivity index is 1.86. The molecule has 2 aromatic heterocycles. The number of aromatic nitrogens is 2. The van der Waals surface area contributed by atoms with E-state index in [1.54, 1.807) is 22.6 Å². The summed E-state index contributed by atoms with van der Waals surface area (Å²) in [5, 5.41) is 11.4. The van der Waals surface area contributed by atoms with Crippen LogP contribution >= 0.6 is 23.6 Å². The molecule has 0 aliphatic carbocycles. The van der Waals surface area contributed by atoms with E-state index in [-0.39, 0.29) is 22.4 Å². The maximum absolute atomic E-state index is 13.6. The third-order valence-electron chi connectivity index (χ3n) is 5.85. The number of anilines is 2. The van der Waals surface area contributed by atoms with Gasteiger partial charge in [0, 0.05) is 13.1 Å². The number of amides is 1. The molecule has 0 unspecified atom stereocenters. The molecule has 0 aliphatic rings. The van der Waals surface area contributed by atoms with Gasteiger partial charge in [-0.15, -0.1) is 11.3 Å². The number of benzene rings is 1. The van der Waals surface area contributed by atoms with Crippen LogP contribution in [0.5, 0.6) is 0 Å². The van der Waals surface area contributed by atoms with Gasteiger partial charge in [0.05, 0.1) is 41.2 Å². The first-order valence-corrected chi connectivity index (χ1v) is 12.7. The van der Waals surface area contributed by atoms with Crippen LogP contribution in [0.3, 0.4) is 0 Å². The average Bonchev–Trinajstić information content (AvgIpc) is 3.29. The van der Waals surface area contributed by atoms with Gasteiger partial charge in [-0.25, -0.2) is 9.18 Å². The zero-order valence-electron chi connectivity index (χ0n) is 21.2. The zero-order valence-corrected chi connectivity index (χ0v) is 22.8. The predicted octanol–water partition coefficient (Wildman–Crippen LogP) is 5.13. The van der Waals surface area contributed by atoms with E-state index in [1.807, 2.05) is 33.8 Å². The van der Waals surface area contributed by atoms with Crippen LogP contribution in [0.15, 0.2) is 24.3 Å². The second kappa shape index (κ2) is 11.6. The van der Waals surface area contributed by atoms with E-state index in [0.717, 1.165) is 11.3 Å². The number of esters is 1. The van der Waals surface area contributed by atoms with E-state index >= 15 is 0 Å². The minimum absolute atomic E-state index is 0.148. The maximum Gasteiger partial charge on any atom is 0.341 e. The van der Waals surface area contributed by atoms with Crippen molar-refractivity contribution in [3.63, 3.8) is 0 Å². The van der Waals surface area contributed by atoms with Crippen LogP contribution in [0.4, 0.5) is 15.1 Å². The monoisotopic (exact) mass is 531 g/mol. The second-order valence-corrected chi connectivity index (χ2v) is 9.57. The second-order valence-electron chi connectivity index (χ2n) is 8.14. The number of carbonyl (C=O) groups excluding carboxylic acids is 2. The summed E-state index contributed by atoms with van der Waals surface area (Å²) < 4.78 is 20.3. The van der Waals surface area contributed by atoms with Gasteiger partial charge >= 0.3 is 5.97 Å². The lowest BCUT2D eigenvalue weighted by Gasteiger charge is -2.18. The van der Waals surface area contributed by atoms with Crippen LogP contribution in [-0.2, 0) is 11.3 Å². The van der Waals surface area contributed by atoms with Crippen molar-refractivity contribution in [2.24, 2.45) is 0 Å². The van der Waals surface area contributed by atoms with E-state index in [9.17, 15) is 14.0 Å². The Morgan fingerprint density at radius 3 is 2.50 bits per heavy atom. The minimum atomic E-state index is -0.553. The van der Waals surface area contributed by atoms with Gasteiger partial charge in [-0.3, -0.25) is 9.48 Å². The van der Waals surface area contributed by atoms with Gasteiger partial charge in [0.1, 0.15) is 10.8 Å². The Kier molecular flexibility index (Phi) is 8.80. The van der Waals surface area contributed by atoms with Crippen molar-refractivity contribution in [3.8, 4) is 0 Å². The van der Waals surface area contributed by atoms with E-state index in [0.29, 0.717) is 46.5 Å². The number of aryl methyl sites for hydroxylation is 1. The molecule has 0 atom stereocenters. The number of halogens is 1. The smallest absolute Gasteiger partial charge is 0.341 e. The quantitative estimate of drug-likeness (QED) is 0.308. The Bertz CT molecular complexity index is 1300. The van der Waals surface area contributed by atoms with Gasteiger partial charge < -0.3 is 20.3 Å². The van der Waals surface area contributed by atoms with Crippen molar-refractivity contribution in [2.45, 2.75) is 41.2 Å². The van der Waals surface area contributed by atoms with Crippen molar-refractivity contribution in [1.82, 2.24) is 14.7 Å². The fraction of sp³-hybridized carbons (Fsp3) is 0.360. The molecule has 0 radical (unpaired) electrons. The van der Waals surface area contributed by atoms with Crippen molar-refractivity contribution in [2.75, 3.05) is 30.8 Å². The van der Waals surface area contributed by atoms with Crippen LogP contribution in [0.2, 0.25) is 0 Å². The number of thiocarbonyl (C=S) groups is 1. The number of hydrogen-bond donors (Lipinski definition) is 2. The number of carbonyl (C=O) groups is 2. The third kappa shape index (κ3) is 5.73. The Morgan fingerprint density at radius 2 is 1.89 bits per heavy atom. The lowest BCUT2D eigenvalue weighted by molar-refractivity contribution is 0.0601. The molecule has 0 saturated carbocycles. The summed E-state index contributed by atoms with van der Waals surface area (Å²) in [4.78, 5) is 27.7. The lowest BCUT2D eigenvalue weighted by Crippen LogP contribution is -2.30. The number of hydrogen-bond acceptors (Lipinski definition) is 6. The topological polar surface area (TPSA) is 88.5 Å². The molecule has 3 rings (SSSR count). The number of thiophene rings is 1. The highest BCUT2D eigenvalue weighted by Gasteiger charge is 2.28. The van der Waals surface area contributed by atoms with Gasteiger partial charge in [0.2, 0.25) is 0 Å². The van der Waals surface area contributed by atoms with Crippen LogP contribution in [0.25, 0.3) is 0 Å². The summed E-state index contributed by atoms with van der Waals surface area (Å²) in [5.41, 5.74) is 3.84. The average molecular weight is 532 g/mol. The number of rotatable bonds is 8. The van der Waals surface area contributed by atoms with Crippen molar-refractivity contribution in [3.05, 3.63) is 63.0 Å². The van der Waals surface area contributed by atoms with E-state index < -0.39 is 5.97 Å². The molecule has 2 N–H and O–H groups in total. The highest BCUT2D eigenvalue weighted by atomic mass is 32.1. The highest BCUT2D eigenvalue weighted by Crippen LogP contribution is 2.35. The van der Waals surface area contributed by atoms with Crippen LogP contribution in [0, 0.1) is 26.6 Å². The normalized spacial score (nSPS) is 10.8. The number of ether oxygens (including phenoxy) is 1. The van der Waals surface area contributed by atoms with E-state index in [4.69, 9.17) is 17.0 Å². The highest BCUT2D eigenvalue weighted by molar-refractivity contribution is 7.80. The SMILES string of the molecule is CCN(CC)C(=O)c1sc(NC(=S)Nc2c(C)nn(Cc3cccc(F)c3)c2C)c(C(=O)OC)c1C. The molecule has 11 heteroatoms. The molecule has 1 amide bonds. The molecule has 1 aromatic carbocycles. The molecular weight excluding hydrogens is 501 g/mol. The van der Waals surface area contributed by atoms with E-state index in [2.05, 4.69) is 15.7 Å². The van der Waals surface area contributed by atoms with E-state index in [1.165, 1.54) is 30.6 Å². The largest absolute Gasteiger partial charge is 0.465 e. The molecule has 0 aliphatic heterocycles. The summed E-state index contributed by atoms with van der Waals surface area (Å²) in [6.45, 7) is 10.8.